The SMILES string of the molecule is Cc1cc(C)c(C(=O)N[C@@H](CNC(=O)CO[C@H]2C[C@H](CNc3ccccn3)N(C(=O)CC(C)(C)C)C2)C(=O)O)c(C)c1. The maximum Gasteiger partial charge on any atom is 0.328 e. The summed E-state index contributed by atoms with van der Waals surface area (Å²) in [5, 5.41) is 18.0. The van der Waals surface area contributed by atoms with Gasteiger partial charge in [0, 0.05) is 37.8 Å². The van der Waals surface area contributed by atoms with E-state index in [1.165, 1.54) is 0 Å². The van der Waals surface area contributed by atoms with E-state index in [1.807, 2.05) is 58.0 Å². The summed E-state index contributed by atoms with van der Waals surface area (Å²) in [5.41, 5.74) is 2.73. The lowest BCUT2D eigenvalue weighted by Gasteiger charge is -2.28. The summed E-state index contributed by atoms with van der Waals surface area (Å²) in [6.45, 7) is 11.8. The summed E-state index contributed by atoms with van der Waals surface area (Å²) >= 11 is 0. The van der Waals surface area contributed by atoms with Gasteiger partial charge in [-0.15, -0.1) is 0 Å². The number of aryl methyl sites for hydroxylation is 3. The number of aromatic nitrogens is 1. The molecule has 0 spiro atoms. The second-order valence-corrected chi connectivity index (χ2v) is 12.1. The lowest BCUT2D eigenvalue weighted by atomic mass is 9.91. The Balaban J connectivity index is 1.54. The van der Waals surface area contributed by atoms with Gasteiger partial charge in [0.05, 0.1) is 12.1 Å². The number of carbonyl (C=O) groups excluding carboxylic acids is 3. The monoisotopic (exact) mass is 581 g/mol. The van der Waals surface area contributed by atoms with Crippen LogP contribution in [-0.2, 0) is 19.1 Å². The smallest absolute Gasteiger partial charge is 0.328 e. The maximum absolute atomic E-state index is 13.1. The Morgan fingerprint density at radius 3 is 2.40 bits per heavy atom. The van der Waals surface area contributed by atoms with Gasteiger partial charge in [0.25, 0.3) is 5.91 Å². The van der Waals surface area contributed by atoms with Crippen LogP contribution in [0, 0.1) is 26.2 Å². The molecule has 2 heterocycles. The van der Waals surface area contributed by atoms with Crippen molar-refractivity contribution in [2.45, 2.75) is 72.6 Å². The van der Waals surface area contributed by atoms with Crippen molar-refractivity contribution in [1.29, 1.82) is 0 Å². The molecule has 0 unspecified atom stereocenters. The Morgan fingerprint density at radius 1 is 1.12 bits per heavy atom. The van der Waals surface area contributed by atoms with Crippen LogP contribution in [0.25, 0.3) is 0 Å². The van der Waals surface area contributed by atoms with Crippen molar-refractivity contribution in [3.63, 3.8) is 0 Å². The summed E-state index contributed by atoms with van der Waals surface area (Å²) in [7, 11) is 0. The molecular formula is C31H43N5O6. The van der Waals surface area contributed by atoms with Gasteiger partial charge in [0.15, 0.2) is 0 Å². The number of nitrogens with zero attached hydrogens (tertiary/aromatic N) is 2. The molecule has 1 saturated heterocycles. The minimum atomic E-state index is -1.32. The summed E-state index contributed by atoms with van der Waals surface area (Å²) in [6.07, 6.45) is 2.24. The van der Waals surface area contributed by atoms with E-state index in [-0.39, 0.29) is 36.6 Å². The van der Waals surface area contributed by atoms with Gasteiger partial charge in [0.1, 0.15) is 18.5 Å². The van der Waals surface area contributed by atoms with Gasteiger partial charge in [-0.1, -0.05) is 44.5 Å². The lowest BCUT2D eigenvalue weighted by molar-refractivity contribution is -0.139. The van der Waals surface area contributed by atoms with Gasteiger partial charge < -0.3 is 30.7 Å². The summed E-state index contributed by atoms with van der Waals surface area (Å²) in [6, 6.07) is 7.81. The zero-order valence-corrected chi connectivity index (χ0v) is 25.3. The number of hydrogen-bond acceptors (Lipinski definition) is 7. The number of anilines is 1. The fourth-order valence-electron chi connectivity index (χ4n) is 5.17. The van der Waals surface area contributed by atoms with E-state index in [0.717, 1.165) is 16.7 Å². The van der Waals surface area contributed by atoms with Crippen LogP contribution in [0.1, 0.15) is 60.7 Å². The highest BCUT2D eigenvalue weighted by molar-refractivity contribution is 5.99. The van der Waals surface area contributed by atoms with Crippen LogP contribution in [0.15, 0.2) is 36.5 Å². The quantitative estimate of drug-likeness (QED) is 0.299. The van der Waals surface area contributed by atoms with Gasteiger partial charge >= 0.3 is 5.97 Å². The Labute approximate surface area is 247 Å². The average molecular weight is 582 g/mol. The second kappa shape index (κ2) is 14.3. The molecule has 1 aromatic carbocycles. The number of carbonyl (C=O) groups is 4. The number of aliphatic carboxylic acids is 1. The second-order valence-electron chi connectivity index (χ2n) is 12.1. The van der Waals surface area contributed by atoms with Crippen LogP contribution < -0.4 is 16.0 Å². The summed E-state index contributed by atoms with van der Waals surface area (Å²) in [5.74, 6) is -1.57. The molecule has 0 saturated carbocycles. The topological polar surface area (TPSA) is 150 Å². The Bertz CT molecular complexity index is 1250. The highest BCUT2D eigenvalue weighted by atomic mass is 16.5. The van der Waals surface area contributed by atoms with Crippen LogP contribution in [0.5, 0.6) is 0 Å². The molecule has 3 atom stereocenters. The molecule has 1 aromatic heterocycles. The molecule has 0 aliphatic carbocycles. The molecule has 228 valence electrons. The first-order valence-corrected chi connectivity index (χ1v) is 14.2. The molecule has 2 aromatic rings. The maximum atomic E-state index is 13.1. The van der Waals surface area contributed by atoms with Gasteiger partial charge in [0.2, 0.25) is 11.8 Å². The van der Waals surface area contributed by atoms with Gasteiger partial charge in [-0.05, 0) is 55.9 Å². The van der Waals surface area contributed by atoms with Crippen molar-refractivity contribution < 1.29 is 29.0 Å². The predicted octanol–water partition coefficient (Wildman–Crippen LogP) is 2.84. The summed E-state index contributed by atoms with van der Waals surface area (Å²) < 4.78 is 5.86. The number of pyridine rings is 1. The van der Waals surface area contributed by atoms with Crippen molar-refractivity contribution in [3.05, 3.63) is 58.8 Å². The van der Waals surface area contributed by atoms with Gasteiger partial charge in [-0.25, -0.2) is 9.78 Å². The fourth-order valence-corrected chi connectivity index (χ4v) is 5.17. The molecule has 3 rings (SSSR count). The highest BCUT2D eigenvalue weighted by Gasteiger charge is 2.37. The molecule has 0 bridgehead atoms. The molecular weight excluding hydrogens is 538 g/mol. The molecule has 0 radical (unpaired) electrons. The summed E-state index contributed by atoms with van der Waals surface area (Å²) in [4.78, 5) is 56.4. The number of benzene rings is 1. The minimum Gasteiger partial charge on any atom is -0.480 e. The minimum absolute atomic E-state index is 0.0185. The Kier molecular flexibility index (Phi) is 11.0. The highest BCUT2D eigenvalue weighted by Crippen LogP contribution is 2.26. The van der Waals surface area contributed by atoms with E-state index >= 15 is 0 Å². The van der Waals surface area contributed by atoms with Crippen LogP contribution >= 0.6 is 0 Å². The van der Waals surface area contributed by atoms with E-state index in [9.17, 15) is 24.3 Å². The number of carboxylic acids is 1. The van der Waals surface area contributed by atoms with E-state index in [2.05, 4.69) is 20.9 Å². The number of amides is 3. The zero-order chi connectivity index (χ0) is 31.0. The van der Waals surface area contributed by atoms with Crippen molar-refractivity contribution >= 4 is 29.5 Å². The van der Waals surface area contributed by atoms with E-state index in [0.29, 0.717) is 37.3 Å². The van der Waals surface area contributed by atoms with E-state index < -0.39 is 23.8 Å². The standard InChI is InChI=1S/C31H43N5O6/c1-19-11-20(2)28(21(3)12-19)29(39)35-24(30(40)41)16-34-26(37)18-42-23-13-22(15-33-25-9-7-8-10-32-25)36(17-23)27(38)14-31(4,5)6/h7-12,22-24H,13-18H2,1-6H3,(H,32,33)(H,34,37)(H,35,39)(H,40,41)/t22-,23+,24+/m1/s1. The molecule has 11 heteroatoms. The number of rotatable bonds is 12. The molecule has 11 nitrogen and oxygen atoms in total. The third-order valence-corrected chi connectivity index (χ3v) is 7.02. The lowest BCUT2D eigenvalue weighted by Crippen LogP contribution is -2.49. The predicted molar refractivity (Wildman–Crippen MR) is 159 cm³/mol. The normalized spacial score (nSPS) is 17.4. The Hall–Kier alpha value is -3.99. The number of nitrogens with one attached hydrogen (secondary N) is 3. The molecule has 1 aliphatic rings. The van der Waals surface area contributed by atoms with Crippen LogP contribution in [0.2, 0.25) is 0 Å². The molecule has 1 aliphatic heterocycles. The van der Waals surface area contributed by atoms with Crippen molar-refractivity contribution in [2.75, 3.05) is 31.6 Å². The van der Waals surface area contributed by atoms with Crippen molar-refractivity contribution in [2.24, 2.45) is 5.41 Å². The average Bonchev–Trinajstić information content (AvgIpc) is 3.31. The first kappa shape index (κ1) is 32.5. The van der Waals surface area contributed by atoms with Gasteiger partial charge in [-0.2, -0.15) is 0 Å². The first-order valence-electron chi connectivity index (χ1n) is 14.2. The van der Waals surface area contributed by atoms with Crippen LogP contribution in [0.4, 0.5) is 5.82 Å². The third kappa shape index (κ3) is 9.54. The van der Waals surface area contributed by atoms with Crippen LogP contribution in [-0.4, -0.2) is 83.1 Å². The first-order chi connectivity index (χ1) is 19.7. The molecule has 1 fully saturated rings. The number of likely N-dealkylation sites (tertiary alicyclic amines) is 1. The fraction of sp³-hybridized carbons (Fsp3) is 0.516. The molecule has 42 heavy (non-hydrogen) atoms. The third-order valence-electron chi connectivity index (χ3n) is 7.02. The largest absolute Gasteiger partial charge is 0.480 e. The number of carboxylic acid groups (broad SMARTS) is 1. The van der Waals surface area contributed by atoms with E-state index in [4.69, 9.17) is 4.74 Å². The number of hydrogen-bond donors (Lipinski definition) is 4. The number of ether oxygens (including phenoxy) is 1. The van der Waals surface area contributed by atoms with Crippen LogP contribution in [0.3, 0.4) is 0 Å². The zero-order valence-electron chi connectivity index (χ0n) is 25.3. The van der Waals surface area contributed by atoms with Crippen molar-refractivity contribution in [1.82, 2.24) is 20.5 Å². The van der Waals surface area contributed by atoms with Gasteiger partial charge in [-0.3, -0.25) is 14.4 Å². The van der Waals surface area contributed by atoms with E-state index in [1.54, 1.807) is 24.9 Å². The van der Waals surface area contributed by atoms with Crippen molar-refractivity contribution in [3.8, 4) is 0 Å². The molecule has 3 amide bonds. The Morgan fingerprint density at radius 2 is 1.81 bits per heavy atom. The molecule has 4 N–H and O–H groups in total.